The van der Waals surface area contributed by atoms with Gasteiger partial charge in [0.15, 0.2) is 11.0 Å². The molecule has 0 bridgehead atoms. The Balaban J connectivity index is 1.50. The highest BCUT2D eigenvalue weighted by atomic mass is 32.2. The van der Waals surface area contributed by atoms with Gasteiger partial charge in [-0.1, -0.05) is 36.0 Å². The summed E-state index contributed by atoms with van der Waals surface area (Å²) in [4.78, 5) is 12.7. The lowest BCUT2D eigenvalue weighted by Crippen LogP contribution is -2.07. The predicted octanol–water partition coefficient (Wildman–Crippen LogP) is 3.73. The van der Waals surface area contributed by atoms with Gasteiger partial charge in [-0.2, -0.15) is 15.0 Å². The maximum atomic E-state index is 13.1. The summed E-state index contributed by atoms with van der Waals surface area (Å²) in [6, 6.07) is 13.9. The third-order valence-corrected chi connectivity index (χ3v) is 5.37. The van der Waals surface area contributed by atoms with Crippen molar-refractivity contribution < 1.29 is 4.39 Å². The van der Waals surface area contributed by atoms with E-state index < -0.39 is 0 Å². The van der Waals surface area contributed by atoms with Crippen LogP contribution in [0, 0.1) is 12.7 Å². The quantitative estimate of drug-likeness (QED) is 0.453. The van der Waals surface area contributed by atoms with Crippen molar-refractivity contribution in [2.45, 2.75) is 17.8 Å². The van der Waals surface area contributed by atoms with Crippen molar-refractivity contribution in [3.8, 4) is 11.4 Å². The van der Waals surface area contributed by atoms with E-state index in [1.807, 2.05) is 42.8 Å². The summed E-state index contributed by atoms with van der Waals surface area (Å²) in [5.41, 5.74) is 8.65. The molecule has 0 saturated carbocycles. The number of hydrogen-bond acceptors (Lipinski definition) is 8. The summed E-state index contributed by atoms with van der Waals surface area (Å²) in [7, 11) is 1.92. The molecule has 0 saturated heterocycles. The van der Waals surface area contributed by atoms with E-state index in [0.29, 0.717) is 23.2 Å². The number of nitrogens with two attached hydrogens (primary N) is 1. The average Bonchev–Trinajstić information content (AvgIpc) is 3.08. The highest BCUT2D eigenvalue weighted by molar-refractivity contribution is 7.98. The van der Waals surface area contributed by atoms with E-state index in [2.05, 4.69) is 30.5 Å². The number of nitrogens with one attached hydrogen (secondary N) is 1. The number of aromatic nitrogens is 6. The van der Waals surface area contributed by atoms with Gasteiger partial charge in [-0.15, -0.1) is 10.2 Å². The Morgan fingerprint density at radius 3 is 2.57 bits per heavy atom. The second-order valence-corrected chi connectivity index (χ2v) is 7.48. The van der Waals surface area contributed by atoms with Crippen molar-refractivity contribution in [2.75, 3.05) is 11.1 Å². The molecule has 0 atom stereocenters. The molecule has 4 rings (SSSR count). The van der Waals surface area contributed by atoms with E-state index >= 15 is 0 Å². The molecule has 0 unspecified atom stereocenters. The largest absolute Gasteiger partial charge is 0.368 e. The molecule has 30 heavy (non-hydrogen) atoms. The van der Waals surface area contributed by atoms with E-state index in [-0.39, 0.29) is 11.8 Å². The SMILES string of the molecule is Cc1ccccc1-c1nnc(SCc2nc(N)nc(Nc3ccc(F)cc3)n2)n1C. The zero-order chi connectivity index (χ0) is 21.1. The van der Waals surface area contributed by atoms with Gasteiger partial charge in [-0.3, -0.25) is 0 Å². The van der Waals surface area contributed by atoms with Gasteiger partial charge in [0.25, 0.3) is 0 Å². The number of halogens is 1. The number of rotatable bonds is 6. The van der Waals surface area contributed by atoms with Gasteiger partial charge in [0.1, 0.15) is 11.6 Å². The minimum atomic E-state index is -0.318. The fraction of sp³-hybridized carbons (Fsp3) is 0.150. The molecule has 0 aliphatic rings. The summed E-state index contributed by atoms with van der Waals surface area (Å²) < 4.78 is 15.0. The maximum Gasteiger partial charge on any atom is 0.232 e. The van der Waals surface area contributed by atoms with E-state index in [1.54, 1.807) is 12.1 Å². The molecule has 3 N–H and O–H groups in total. The molecule has 0 spiro atoms. The third-order valence-electron chi connectivity index (χ3n) is 4.35. The van der Waals surface area contributed by atoms with Crippen LogP contribution in [0.1, 0.15) is 11.4 Å². The summed E-state index contributed by atoms with van der Waals surface area (Å²) in [5, 5.41) is 12.4. The van der Waals surface area contributed by atoms with Crippen molar-refractivity contribution in [1.82, 2.24) is 29.7 Å². The summed E-state index contributed by atoms with van der Waals surface area (Å²) in [6.45, 7) is 2.04. The van der Waals surface area contributed by atoms with Crippen LogP contribution in [0.4, 0.5) is 22.0 Å². The Bertz CT molecular complexity index is 1180. The molecular weight excluding hydrogens is 403 g/mol. The van der Waals surface area contributed by atoms with Crippen LogP contribution in [0.5, 0.6) is 0 Å². The molecule has 4 aromatic rings. The smallest absolute Gasteiger partial charge is 0.232 e. The molecule has 0 aliphatic carbocycles. The predicted molar refractivity (Wildman–Crippen MR) is 115 cm³/mol. The Hall–Kier alpha value is -3.53. The Morgan fingerprint density at radius 2 is 1.80 bits per heavy atom. The lowest BCUT2D eigenvalue weighted by atomic mass is 10.1. The van der Waals surface area contributed by atoms with Gasteiger partial charge in [-0.25, -0.2) is 4.39 Å². The maximum absolute atomic E-state index is 13.1. The zero-order valence-corrected chi connectivity index (χ0v) is 17.2. The third kappa shape index (κ3) is 4.38. The zero-order valence-electron chi connectivity index (χ0n) is 16.4. The van der Waals surface area contributed by atoms with Gasteiger partial charge in [-0.05, 0) is 36.8 Å². The van der Waals surface area contributed by atoms with Crippen LogP contribution in [0.15, 0.2) is 53.7 Å². The number of thioether (sulfide) groups is 1. The topological polar surface area (TPSA) is 107 Å². The highest BCUT2D eigenvalue weighted by Crippen LogP contribution is 2.26. The second-order valence-electron chi connectivity index (χ2n) is 6.53. The number of nitrogen functional groups attached to an aromatic ring is 1. The first-order valence-electron chi connectivity index (χ1n) is 9.11. The van der Waals surface area contributed by atoms with Crippen LogP contribution >= 0.6 is 11.8 Å². The van der Waals surface area contributed by atoms with E-state index in [4.69, 9.17) is 5.73 Å². The van der Waals surface area contributed by atoms with Crippen molar-refractivity contribution in [3.63, 3.8) is 0 Å². The van der Waals surface area contributed by atoms with Crippen LogP contribution in [0.3, 0.4) is 0 Å². The van der Waals surface area contributed by atoms with Gasteiger partial charge >= 0.3 is 0 Å². The normalized spacial score (nSPS) is 10.9. The fourth-order valence-corrected chi connectivity index (χ4v) is 3.61. The average molecular weight is 422 g/mol. The minimum Gasteiger partial charge on any atom is -0.368 e. The number of benzene rings is 2. The van der Waals surface area contributed by atoms with E-state index in [1.165, 1.54) is 23.9 Å². The molecule has 2 aromatic heterocycles. The Morgan fingerprint density at radius 1 is 1.03 bits per heavy atom. The minimum absolute atomic E-state index is 0.101. The lowest BCUT2D eigenvalue weighted by molar-refractivity contribution is 0.628. The van der Waals surface area contributed by atoms with Gasteiger partial charge in [0.2, 0.25) is 11.9 Å². The van der Waals surface area contributed by atoms with Crippen molar-refractivity contribution in [2.24, 2.45) is 7.05 Å². The first-order valence-corrected chi connectivity index (χ1v) is 10.1. The first kappa shape index (κ1) is 19.8. The van der Waals surface area contributed by atoms with Crippen molar-refractivity contribution in [3.05, 3.63) is 65.7 Å². The highest BCUT2D eigenvalue weighted by Gasteiger charge is 2.14. The second kappa shape index (κ2) is 8.46. The van der Waals surface area contributed by atoms with E-state index in [0.717, 1.165) is 22.1 Å². The van der Waals surface area contributed by atoms with E-state index in [9.17, 15) is 4.39 Å². The molecule has 0 fully saturated rings. The molecule has 2 aromatic carbocycles. The molecular formula is C20H19FN8S. The molecule has 10 heteroatoms. The van der Waals surface area contributed by atoms with Gasteiger partial charge < -0.3 is 15.6 Å². The Labute approximate surface area is 176 Å². The monoisotopic (exact) mass is 422 g/mol. The van der Waals surface area contributed by atoms with Crippen LogP contribution < -0.4 is 11.1 Å². The Kier molecular flexibility index (Phi) is 5.57. The number of anilines is 3. The lowest BCUT2D eigenvalue weighted by Gasteiger charge is -2.08. The molecule has 8 nitrogen and oxygen atoms in total. The van der Waals surface area contributed by atoms with Crippen molar-refractivity contribution >= 4 is 29.3 Å². The summed E-state index contributed by atoms with van der Waals surface area (Å²) in [6.07, 6.45) is 0. The molecule has 152 valence electrons. The number of hydrogen-bond donors (Lipinski definition) is 2. The number of aryl methyl sites for hydroxylation is 1. The number of nitrogens with zero attached hydrogens (tertiary/aromatic N) is 6. The first-order chi connectivity index (χ1) is 14.5. The molecule has 2 heterocycles. The molecule has 0 aliphatic heterocycles. The van der Waals surface area contributed by atoms with Crippen molar-refractivity contribution in [1.29, 1.82) is 0 Å². The van der Waals surface area contributed by atoms with Gasteiger partial charge in [0.05, 0.1) is 5.75 Å². The summed E-state index contributed by atoms with van der Waals surface area (Å²) >= 11 is 1.45. The van der Waals surface area contributed by atoms with Crippen LogP contribution in [0.2, 0.25) is 0 Å². The van der Waals surface area contributed by atoms with Crippen LogP contribution in [0.25, 0.3) is 11.4 Å². The summed E-state index contributed by atoms with van der Waals surface area (Å²) in [5.74, 6) is 1.81. The van der Waals surface area contributed by atoms with Crippen LogP contribution in [-0.4, -0.2) is 29.7 Å². The standard InChI is InChI=1S/C20H19FN8S/c1-12-5-3-4-6-15(12)17-27-28-20(29(17)2)30-11-16-24-18(22)26-19(25-16)23-14-9-7-13(21)8-10-14/h3-10H,11H2,1-2H3,(H3,22,23,24,25,26). The van der Waals surface area contributed by atoms with Crippen LogP contribution in [-0.2, 0) is 12.8 Å². The van der Waals surface area contributed by atoms with Gasteiger partial charge in [0, 0.05) is 18.3 Å². The molecule has 0 radical (unpaired) electrons. The fourth-order valence-electron chi connectivity index (χ4n) is 2.85. The molecule has 0 amide bonds.